The molecule has 0 spiro atoms. The van der Waals surface area contributed by atoms with E-state index in [4.69, 9.17) is 0 Å². The number of carbonyl (C=O) groups excluding carboxylic acids is 2. The van der Waals surface area contributed by atoms with E-state index in [-0.39, 0.29) is 23.4 Å². The fraction of sp³-hybridized carbons (Fsp3) is 0.400. The summed E-state index contributed by atoms with van der Waals surface area (Å²) in [6.07, 6.45) is 7.17. The molecule has 0 aliphatic heterocycles. The van der Waals surface area contributed by atoms with Crippen molar-refractivity contribution in [2.75, 3.05) is 0 Å². The van der Waals surface area contributed by atoms with Crippen LogP contribution in [0.1, 0.15) is 39.2 Å². The quantitative estimate of drug-likeness (QED) is 0.749. The molecule has 3 heteroatoms. The number of allylic oxidation sites excluding steroid dienone is 1. The molecular weight excluding hydrogens is 226 g/mol. The second-order valence-electron chi connectivity index (χ2n) is 5.26. The van der Waals surface area contributed by atoms with Gasteiger partial charge in [-0.3, -0.25) is 14.6 Å². The van der Waals surface area contributed by atoms with Crippen molar-refractivity contribution in [2.24, 2.45) is 5.41 Å². The number of Topliss-reactive ketones (excluding diaryl/α,β-unsaturated/α-hetero) is 1. The van der Waals surface area contributed by atoms with Crippen LogP contribution in [0.4, 0.5) is 0 Å². The number of hydrogen-bond acceptors (Lipinski definition) is 3. The van der Waals surface area contributed by atoms with Gasteiger partial charge in [0.25, 0.3) is 0 Å². The Kier molecular flexibility index (Phi) is 4.95. The molecule has 1 aromatic heterocycles. The van der Waals surface area contributed by atoms with Crippen LogP contribution in [0.5, 0.6) is 0 Å². The molecule has 0 atom stereocenters. The highest BCUT2D eigenvalue weighted by Gasteiger charge is 2.20. The average Bonchev–Trinajstić information content (AvgIpc) is 2.33. The van der Waals surface area contributed by atoms with Crippen LogP contribution in [0, 0.1) is 5.41 Å². The summed E-state index contributed by atoms with van der Waals surface area (Å²) in [5.41, 5.74) is 0.515. The fourth-order valence-corrected chi connectivity index (χ4v) is 1.36. The molecule has 0 bridgehead atoms. The molecule has 0 N–H and O–H groups in total. The largest absolute Gasteiger partial charge is 0.299 e. The van der Waals surface area contributed by atoms with Gasteiger partial charge in [-0.1, -0.05) is 26.8 Å². The van der Waals surface area contributed by atoms with Crippen molar-refractivity contribution in [1.82, 2.24) is 4.98 Å². The Labute approximate surface area is 108 Å². The minimum absolute atomic E-state index is 0.0311. The molecule has 0 aliphatic rings. The summed E-state index contributed by atoms with van der Waals surface area (Å²) < 4.78 is 0. The standard InChI is InChI=1S/C15H19NO2/c1-15(2,3)14(18)9-8-13(17)7-6-12-5-4-10-16-11-12/h4-7,10-11H,8-9H2,1-3H3/b7-6+. The van der Waals surface area contributed by atoms with Crippen LogP contribution in [-0.4, -0.2) is 16.6 Å². The number of carbonyl (C=O) groups is 2. The molecule has 0 aromatic carbocycles. The van der Waals surface area contributed by atoms with Crippen LogP contribution in [0.15, 0.2) is 30.6 Å². The Morgan fingerprint density at radius 1 is 1.28 bits per heavy atom. The van der Waals surface area contributed by atoms with Crippen LogP contribution < -0.4 is 0 Å². The highest BCUT2D eigenvalue weighted by atomic mass is 16.1. The van der Waals surface area contributed by atoms with E-state index in [9.17, 15) is 9.59 Å². The van der Waals surface area contributed by atoms with E-state index in [1.807, 2.05) is 32.9 Å². The molecule has 0 amide bonds. The third-order valence-electron chi connectivity index (χ3n) is 2.58. The van der Waals surface area contributed by atoms with Crippen LogP contribution in [0.2, 0.25) is 0 Å². The summed E-state index contributed by atoms with van der Waals surface area (Å²) in [4.78, 5) is 27.2. The van der Waals surface area contributed by atoms with Gasteiger partial charge in [0.1, 0.15) is 5.78 Å². The molecule has 0 saturated carbocycles. The topological polar surface area (TPSA) is 47.0 Å². The first-order chi connectivity index (χ1) is 8.39. The van der Waals surface area contributed by atoms with Gasteiger partial charge in [-0.25, -0.2) is 0 Å². The molecule has 1 aromatic rings. The first kappa shape index (κ1) is 14.3. The molecule has 18 heavy (non-hydrogen) atoms. The van der Waals surface area contributed by atoms with Gasteiger partial charge < -0.3 is 0 Å². The molecule has 96 valence electrons. The van der Waals surface area contributed by atoms with Crippen molar-refractivity contribution in [1.29, 1.82) is 0 Å². The summed E-state index contributed by atoms with van der Waals surface area (Å²) >= 11 is 0. The number of pyridine rings is 1. The molecule has 1 heterocycles. The van der Waals surface area contributed by atoms with Crippen LogP contribution in [0.25, 0.3) is 6.08 Å². The predicted molar refractivity (Wildman–Crippen MR) is 72.0 cm³/mol. The van der Waals surface area contributed by atoms with Crippen LogP contribution in [0.3, 0.4) is 0 Å². The third kappa shape index (κ3) is 5.04. The van der Waals surface area contributed by atoms with E-state index in [2.05, 4.69) is 4.98 Å². The maximum absolute atomic E-state index is 11.7. The number of hydrogen-bond donors (Lipinski definition) is 0. The predicted octanol–water partition coefficient (Wildman–Crippen LogP) is 3.06. The number of nitrogens with zero attached hydrogens (tertiary/aromatic N) is 1. The lowest BCUT2D eigenvalue weighted by molar-refractivity contribution is -0.128. The Bertz CT molecular complexity index is 441. The molecule has 0 aliphatic carbocycles. The zero-order valence-electron chi connectivity index (χ0n) is 11.1. The Morgan fingerprint density at radius 2 is 2.00 bits per heavy atom. The molecule has 0 unspecified atom stereocenters. The van der Waals surface area contributed by atoms with Gasteiger partial charge in [-0.2, -0.15) is 0 Å². The summed E-state index contributed by atoms with van der Waals surface area (Å²) in [5.74, 6) is 0.0853. The first-order valence-electron chi connectivity index (χ1n) is 6.04. The molecular formula is C15H19NO2. The van der Waals surface area contributed by atoms with E-state index in [0.717, 1.165) is 5.56 Å². The Balaban J connectivity index is 2.44. The summed E-state index contributed by atoms with van der Waals surface area (Å²) in [5, 5.41) is 0. The van der Waals surface area contributed by atoms with Gasteiger partial charge in [0.05, 0.1) is 0 Å². The van der Waals surface area contributed by atoms with Gasteiger partial charge in [-0.05, 0) is 23.8 Å². The van der Waals surface area contributed by atoms with E-state index >= 15 is 0 Å². The second-order valence-corrected chi connectivity index (χ2v) is 5.26. The average molecular weight is 245 g/mol. The van der Waals surface area contributed by atoms with E-state index in [0.29, 0.717) is 6.42 Å². The van der Waals surface area contributed by atoms with Crippen LogP contribution >= 0.6 is 0 Å². The number of ketones is 2. The van der Waals surface area contributed by atoms with E-state index < -0.39 is 0 Å². The number of aromatic nitrogens is 1. The minimum atomic E-state index is -0.368. The fourth-order valence-electron chi connectivity index (χ4n) is 1.36. The van der Waals surface area contributed by atoms with Gasteiger partial charge >= 0.3 is 0 Å². The van der Waals surface area contributed by atoms with Crippen molar-refractivity contribution in [3.63, 3.8) is 0 Å². The summed E-state index contributed by atoms with van der Waals surface area (Å²) in [6.45, 7) is 5.60. The lowest BCUT2D eigenvalue weighted by Crippen LogP contribution is -2.20. The van der Waals surface area contributed by atoms with Crippen molar-refractivity contribution in [2.45, 2.75) is 33.6 Å². The maximum Gasteiger partial charge on any atom is 0.156 e. The van der Waals surface area contributed by atoms with Gasteiger partial charge in [0, 0.05) is 30.7 Å². The first-order valence-corrected chi connectivity index (χ1v) is 6.04. The maximum atomic E-state index is 11.7. The lowest BCUT2D eigenvalue weighted by Gasteiger charge is -2.15. The number of rotatable bonds is 5. The van der Waals surface area contributed by atoms with Crippen molar-refractivity contribution in [3.05, 3.63) is 36.2 Å². The highest BCUT2D eigenvalue weighted by Crippen LogP contribution is 2.17. The molecule has 1 rings (SSSR count). The summed E-state index contributed by atoms with van der Waals surface area (Å²) in [7, 11) is 0. The molecule has 3 nitrogen and oxygen atoms in total. The minimum Gasteiger partial charge on any atom is -0.299 e. The van der Waals surface area contributed by atoms with E-state index in [1.54, 1.807) is 18.5 Å². The van der Waals surface area contributed by atoms with Crippen molar-refractivity contribution >= 4 is 17.6 Å². The normalized spacial score (nSPS) is 11.7. The van der Waals surface area contributed by atoms with Crippen LogP contribution in [-0.2, 0) is 9.59 Å². The van der Waals surface area contributed by atoms with Gasteiger partial charge in [0.2, 0.25) is 0 Å². The smallest absolute Gasteiger partial charge is 0.156 e. The second kappa shape index (κ2) is 6.24. The molecule has 0 saturated heterocycles. The van der Waals surface area contributed by atoms with Gasteiger partial charge in [-0.15, -0.1) is 0 Å². The van der Waals surface area contributed by atoms with Crippen molar-refractivity contribution < 1.29 is 9.59 Å². The Morgan fingerprint density at radius 3 is 2.56 bits per heavy atom. The zero-order chi connectivity index (χ0) is 13.6. The lowest BCUT2D eigenvalue weighted by atomic mass is 9.88. The van der Waals surface area contributed by atoms with E-state index in [1.165, 1.54) is 6.08 Å². The SMILES string of the molecule is CC(C)(C)C(=O)CCC(=O)/C=C/c1cccnc1. The third-order valence-corrected chi connectivity index (χ3v) is 2.58. The van der Waals surface area contributed by atoms with Gasteiger partial charge in [0.15, 0.2) is 5.78 Å². The zero-order valence-corrected chi connectivity index (χ0v) is 11.1. The highest BCUT2D eigenvalue weighted by molar-refractivity contribution is 5.96. The monoisotopic (exact) mass is 245 g/mol. The Hall–Kier alpha value is -1.77. The molecule has 0 radical (unpaired) electrons. The summed E-state index contributed by atoms with van der Waals surface area (Å²) in [6, 6.07) is 3.68. The van der Waals surface area contributed by atoms with Crippen molar-refractivity contribution in [3.8, 4) is 0 Å². The molecule has 0 fully saturated rings.